The summed E-state index contributed by atoms with van der Waals surface area (Å²) >= 11 is 8.97. The number of hydrogen-bond donors (Lipinski definition) is 0. The standard InChI is InChI=1S/C11H8ClN5S2/c12-8-1-3-10(4-2-8)17-5-9(14-16-17)6-18-11-15-13-7-19-11/h1-5,7H,6H2. The van der Waals surface area contributed by atoms with Gasteiger partial charge in [0.1, 0.15) is 5.51 Å². The van der Waals surface area contributed by atoms with E-state index in [2.05, 4.69) is 20.5 Å². The Hall–Kier alpha value is -1.44. The monoisotopic (exact) mass is 309 g/mol. The normalized spacial score (nSPS) is 10.8. The first-order valence-electron chi connectivity index (χ1n) is 5.37. The van der Waals surface area contributed by atoms with Crippen molar-refractivity contribution in [2.45, 2.75) is 10.1 Å². The van der Waals surface area contributed by atoms with Crippen molar-refractivity contribution in [1.29, 1.82) is 0 Å². The fraction of sp³-hybridized carbons (Fsp3) is 0.0909. The highest BCUT2D eigenvalue weighted by Gasteiger charge is 2.05. The van der Waals surface area contributed by atoms with Gasteiger partial charge in [0.15, 0.2) is 4.34 Å². The molecule has 0 aliphatic heterocycles. The van der Waals surface area contributed by atoms with Crippen molar-refractivity contribution in [2.75, 3.05) is 0 Å². The number of rotatable bonds is 4. The number of aromatic nitrogens is 5. The molecular formula is C11H8ClN5S2. The molecule has 3 aromatic rings. The van der Waals surface area contributed by atoms with E-state index < -0.39 is 0 Å². The zero-order valence-electron chi connectivity index (χ0n) is 9.60. The van der Waals surface area contributed by atoms with E-state index in [0.717, 1.165) is 21.5 Å². The maximum atomic E-state index is 5.85. The van der Waals surface area contributed by atoms with Crippen LogP contribution >= 0.6 is 34.7 Å². The number of hydrogen-bond acceptors (Lipinski definition) is 6. The molecule has 0 amide bonds. The Morgan fingerprint density at radius 3 is 2.79 bits per heavy atom. The van der Waals surface area contributed by atoms with E-state index in [1.807, 2.05) is 30.5 Å². The van der Waals surface area contributed by atoms with Gasteiger partial charge in [-0.05, 0) is 24.3 Å². The molecule has 0 unspecified atom stereocenters. The highest BCUT2D eigenvalue weighted by Crippen LogP contribution is 2.22. The first kappa shape index (κ1) is 12.6. The van der Waals surface area contributed by atoms with Crippen LogP contribution in [0.3, 0.4) is 0 Å². The minimum absolute atomic E-state index is 0.705. The third-order valence-corrected chi connectivity index (χ3v) is 4.46. The smallest absolute Gasteiger partial charge is 0.174 e. The van der Waals surface area contributed by atoms with Crippen molar-refractivity contribution < 1.29 is 0 Å². The molecule has 96 valence electrons. The lowest BCUT2D eigenvalue weighted by Crippen LogP contribution is -1.93. The molecule has 0 N–H and O–H groups in total. The summed E-state index contributed by atoms with van der Waals surface area (Å²) in [5, 5.41) is 16.7. The van der Waals surface area contributed by atoms with Crippen molar-refractivity contribution in [2.24, 2.45) is 0 Å². The molecule has 0 aliphatic rings. The van der Waals surface area contributed by atoms with Gasteiger partial charge in [0, 0.05) is 10.8 Å². The van der Waals surface area contributed by atoms with Crippen molar-refractivity contribution in [3.05, 3.63) is 46.7 Å². The van der Waals surface area contributed by atoms with Gasteiger partial charge in [-0.3, -0.25) is 0 Å². The van der Waals surface area contributed by atoms with Gasteiger partial charge in [0.05, 0.1) is 17.6 Å². The number of thioether (sulfide) groups is 1. The van der Waals surface area contributed by atoms with Crippen LogP contribution in [-0.4, -0.2) is 25.2 Å². The lowest BCUT2D eigenvalue weighted by atomic mass is 10.3. The lowest BCUT2D eigenvalue weighted by Gasteiger charge is -1.98. The first-order valence-corrected chi connectivity index (χ1v) is 7.62. The summed E-state index contributed by atoms with van der Waals surface area (Å²) in [6, 6.07) is 7.46. The van der Waals surface area contributed by atoms with Crippen LogP contribution in [0.15, 0.2) is 40.3 Å². The topological polar surface area (TPSA) is 56.5 Å². The van der Waals surface area contributed by atoms with Crippen LogP contribution in [0.4, 0.5) is 0 Å². The summed E-state index contributed by atoms with van der Waals surface area (Å²) in [6.45, 7) is 0. The largest absolute Gasteiger partial charge is 0.220 e. The summed E-state index contributed by atoms with van der Waals surface area (Å²) in [7, 11) is 0. The average Bonchev–Trinajstić information content (AvgIpc) is 3.09. The third-order valence-electron chi connectivity index (χ3n) is 2.32. The summed E-state index contributed by atoms with van der Waals surface area (Å²) in [4.78, 5) is 0. The Labute approximate surface area is 122 Å². The van der Waals surface area contributed by atoms with E-state index in [0.29, 0.717) is 5.02 Å². The SMILES string of the molecule is Clc1ccc(-n2cc(CSc3nncs3)nn2)cc1. The third kappa shape index (κ3) is 3.12. The van der Waals surface area contributed by atoms with Gasteiger partial charge in [-0.1, -0.05) is 39.9 Å². The van der Waals surface area contributed by atoms with Crippen LogP contribution in [0, 0.1) is 0 Å². The molecule has 3 rings (SSSR count). The minimum Gasteiger partial charge on any atom is -0.220 e. The maximum absolute atomic E-state index is 5.85. The van der Waals surface area contributed by atoms with Crippen LogP contribution in [0.25, 0.3) is 5.69 Å². The van der Waals surface area contributed by atoms with Crippen LogP contribution in [0.2, 0.25) is 5.02 Å². The summed E-state index contributed by atoms with van der Waals surface area (Å²) in [6.07, 6.45) is 1.90. The van der Waals surface area contributed by atoms with Gasteiger partial charge in [-0.2, -0.15) is 0 Å². The molecule has 2 aromatic heterocycles. The Morgan fingerprint density at radius 2 is 2.05 bits per heavy atom. The fourth-order valence-corrected chi connectivity index (χ4v) is 2.94. The van der Waals surface area contributed by atoms with Gasteiger partial charge < -0.3 is 0 Å². The van der Waals surface area contributed by atoms with Gasteiger partial charge in [0.25, 0.3) is 0 Å². The maximum Gasteiger partial charge on any atom is 0.174 e. The van der Waals surface area contributed by atoms with Crippen molar-refractivity contribution in [3.8, 4) is 5.69 Å². The summed E-state index contributed by atoms with van der Waals surface area (Å²) < 4.78 is 2.66. The van der Waals surface area contributed by atoms with Crippen molar-refractivity contribution >= 4 is 34.7 Å². The molecular weight excluding hydrogens is 302 g/mol. The molecule has 0 fully saturated rings. The van der Waals surface area contributed by atoms with E-state index in [9.17, 15) is 0 Å². The fourth-order valence-electron chi connectivity index (χ4n) is 1.45. The highest BCUT2D eigenvalue weighted by molar-refractivity contribution is 8.00. The number of nitrogens with zero attached hydrogens (tertiary/aromatic N) is 5. The average molecular weight is 310 g/mol. The Bertz CT molecular complexity index is 650. The van der Waals surface area contributed by atoms with Crippen LogP contribution in [0.1, 0.15) is 5.69 Å². The molecule has 0 radical (unpaired) electrons. The lowest BCUT2D eigenvalue weighted by molar-refractivity contribution is 0.800. The molecule has 0 bridgehead atoms. The van der Waals surface area contributed by atoms with E-state index in [1.54, 1.807) is 22.0 Å². The molecule has 5 nitrogen and oxygen atoms in total. The van der Waals surface area contributed by atoms with Crippen molar-refractivity contribution in [1.82, 2.24) is 25.2 Å². The Morgan fingerprint density at radius 1 is 1.21 bits per heavy atom. The second kappa shape index (κ2) is 5.68. The Kier molecular flexibility index (Phi) is 3.77. The van der Waals surface area contributed by atoms with Gasteiger partial charge in [0.2, 0.25) is 0 Å². The van der Waals surface area contributed by atoms with Crippen LogP contribution < -0.4 is 0 Å². The van der Waals surface area contributed by atoms with Crippen LogP contribution in [0.5, 0.6) is 0 Å². The highest BCUT2D eigenvalue weighted by atomic mass is 35.5. The van der Waals surface area contributed by atoms with Gasteiger partial charge in [-0.25, -0.2) is 4.68 Å². The molecule has 1 aromatic carbocycles. The summed E-state index contributed by atoms with van der Waals surface area (Å²) in [5.74, 6) is 0.725. The first-order chi connectivity index (χ1) is 9.31. The molecule has 0 atom stereocenters. The second-order valence-corrected chi connectivity index (χ2v) is 6.12. The molecule has 0 saturated carbocycles. The quantitative estimate of drug-likeness (QED) is 0.693. The van der Waals surface area contributed by atoms with Crippen LogP contribution in [-0.2, 0) is 5.75 Å². The predicted molar refractivity (Wildman–Crippen MR) is 75.8 cm³/mol. The van der Waals surface area contributed by atoms with E-state index in [-0.39, 0.29) is 0 Å². The predicted octanol–water partition coefficient (Wildman–Crippen LogP) is 3.06. The molecule has 0 aliphatic carbocycles. The molecule has 19 heavy (non-hydrogen) atoms. The number of benzene rings is 1. The molecule has 8 heteroatoms. The molecule has 0 spiro atoms. The molecule has 2 heterocycles. The zero-order chi connectivity index (χ0) is 13.1. The Balaban J connectivity index is 1.70. The second-order valence-electron chi connectivity index (χ2n) is 3.62. The van der Waals surface area contributed by atoms with Gasteiger partial charge >= 0.3 is 0 Å². The van der Waals surface area contributed by atoms with Gasteiger partial charge in [-0.15, -0.1) is 15.3 Å². The molecule has 0 saturated heterocycles. The zero-order valence-corrected chi connectivity index (χ0v) is 12.0. The van der Waals surface area contributed by atoms with Crippen molar-refractivity contribution in [3.63, 3.8) is 0 Å². The summed E-state index contributed by atoms with van der Waals surface area (Å²) in [5.41, 5.74) is 3.55. The van der Waals surface area contributed by atoms with E-state index >= 15 is 0 Å². The van der Waals surface area contributed by atoms with E-state index in [4.69, 9.17) is 11.6 Å². The number of halogens is 1. The van der Waals surface area contributed by atoms with E-state index in [1.165, 1.54) is 11.3 Å². The minimum atomic E-state index is 0.705.